The fraction of sp³-hybridized carbons (Fsp3) is 0. The standard InChI is InChI=1S/C10H6N2S/c1-2-4-9(5-3-1)6-7-10-12-11-8-13-10/h1-5,8H. The first-order chi connectivity index (χ1) is 6.45. The van der Waals surface area contributed by atoms with Crippen molar-refractivity contribution in [3.05, 3.63) is 46.4 Å². The van der Waals surface area contributed by atoms with E-state index in [0.29, 0.717) is 0 Å². The summed E-state index contributed by atoms with van der Waals surface area (Å²) < 4.78 is 0. The molecule has 0 spiro atoms. The second-order valence-electron chi connectivity index (χ2n) is 2.36. The van der Waals surface area contributed by atoms with E-state index in [4.69, 9.17) is 0 Å². The van der Waals surface area contributed by atoms with Gasteiger partial charge in [0.05, 0.1) is 0 Å². The molecule has 1 aromatic heterocycles. The summed E-state index contributed by atoms with van der Waals surface area (Å²) in [6, 6.07) is 9.83. The first-order valence-electron chi connectivity index (χ1n) is 3.78. The van der Waals surface area contributed by atoms with Gasteiger partial charge in [0, 0.05) is 5.56 Å². The van der Waals surface area contributed by atoms with E-state index in [1.165, 1.54) is 11.3 Å². The smallest absolute Gasteiger partial charge is 0.146 e. The molecule has 0 aliphatic rings. The molecule has 2 nitrogen and oxygen atoms in total. The molecule has 0 atom stereocenters. The van der Waals surface area contributed by atoms with Crippen LogP contribution in [-0.4, -0.2) is 10.2 Å². The number of aromatic nitrogens is 2. The Balaban J connectivity index is 2.23. The van der Waals surface area contributed by atoms with Crippen LogP contribution in [-0.2, 0) is 0 Å². The average Bonchev–Trinajstić information content (AvgIpc) is 2.69. The highest BCUT2D eigenvalue weighted by Gasteiger charge is 1.87. The zero-order valence-electron chi connectivity index (χ0n) is 6.77. The molecule has 0 saturated carbocycles. The third kappa shape index (κ3) is 2.14. The van der Waals surface area contributed by atoms with Crippen LogP contribution in [0.4, 0.5) is 0 Å². The largest absolute Gasteiger partial charge is 0.191 e. The van der Waals surface area contributed by atoms with Crippen molar-refractivity contribution in [2.45, 2.75) is 0 Å². The van der Waals surface area contributed by atoms with Crippen molar-refractivity contribution < 1.29 is 0 Å². The molecule has 1 aromatic carbocycles. The first kappa shape index (κ1) is 7.96. The summed E-state index contributed by atoms with van der Waals surface area (Å²) in [4.78, 5) is 0. The zero-order chi connectivity index (χ0) is 8.93. The molecule has 0 radical (unpaired) electrons. The third-order valence-corrected chi connectivity index (χ3v) is 2.05. The second-order valence-corrected chi connectivity index (χ2v) is 3.19. The summed E-state index contributed by atoms with van der Waals surface area (Å²) >= 11 is 1.45. The van der Waals surface area contributed by atoms with Crippen LogP contribution in [0.1, 0.15) is 10.6 Å². The Labute approximate surface area is 80.3 Å². The van der Waals surface area contributed by atoms with E-state index in [-0.39, 0.29) is 0 Å². The van der Waals surface area contributed by atoms with E-state index < -0.39 is 0 Å². The van der Waals surface area contributed by atoms with Gasteiger partial charge >= 0.3 is 0 Å². The fourth-order valence-electron chi connectivity index (χ4n) is 0.875. The van der Waals surface area contributed by atoms with Crippen LogP contribution in [0.2, 0.25) is 0 Å². The average molecular weight is 186 g/mol. The van der Waals surface area contributed by atoms with Gasteiger partial charge in [0.15, 0.2) is 5.01 Å². The van der Waals surface area contributed by atoms with Crippen LogP contribution in [0.15, 0.2) is 35.8 Å². The molecule has 13 heavy (non-hydrogen) atoms. The fourth-order valence-corrected chi connectivity index (χ4v) is 1.27. The molecule has 0 aliphatic heterocycles. The van der Waals surface area contributed by atoms with Crippen molar-refractivity contribution in [1.29, 1.82) is 0 Å². The van der Waals surface area contributed by atoms with Crippen LogP contribution in [0.5, 0.6) is 0 Å². The predicted molar refractivity (Wildman–Crippen MR) is 52.3 cm³/mol. The predicted octanol–water partition coefficient (Wildman–Crippen LogP) is 1.94. The van der Waals surface area contributed by atoms with E-state index in [1.54, 1.807) is 5.51 Å². The molecule has 1 heterocycles. The van der Waals surface area contributed by atoms with Gasteiger partial charge in [-0.25, -0.2) is 0 Å². The van der Waals surface area contributed by atoms with E-state index in [0.717, 1.165) is 10.6 Å². The lowest BCUT2D eigenvalue weighted by molar-refractivity contribution is 1.08. The third-order valence-electron chi connectivity index (χ3n) is 1.45. The minimum absolute atomic E-state index is 0.754. The maximum Gasteiger partial charge on any atom is 0.191 e. The Morgan fingerprint density at radius 2 is 1.92 bits per heavy atom. The topological polar surface area (TPSA) is 25.8 Å². The van der Waals surface area contributed by atoms with Crippen LogP contribution in [0, 0.1) is 11.8 Å². The van der Waals surface area contributed by atoms with Gasteiger partial charge in [-0.05, 0) is 18.1 Å². The zero-order valence-corrected chi connectivity index (χ0v) is 7.58. The normalized spacial score (nSPS) is 8.92. The lowest BCUT2D eigenvalue weighted by Gasteiger charge is -1.84. The Kier molecular flexibility index (Phi) is 2.35. The van der Waals surface area contributed by atoms with Gasteiger partial charge in [0.1, 0.15) is 5.51 Å². The van der Waals surface area contributed by atoms with E-state index in [9.17, 15) is 0 Å². The maximum atomic E-state index is 3.83. The quantitative estimate of drug-likeness (QED) is 0.587. The molecule has 0 unspecified atom stereocenters. The monoisotopic (exact) mass is 186 g/mol. The summed E-state index contributed by atoms with van der Waals surface area (Å²) in [7, 11) is 0. The Bertz CT molecular complexity index is 423. The number of hydrogen-bond acceptors (Lipinski definition) is 3. The number of nitrogens with zero attached hydrogens (tertiary/aromatic N) is 2. The van der Waals surface area contributed by atoms with Crippen LogP contribution in [0.25, 0.3) is 0 Å². The summed E-state index contributed by atoms with van der Waals surface area (Å²) in [5.41, 5.74) is 2.67. The van der Waals surface area contributed by atoms with Gasteiger partial charge in [0.2, 0.25) is 0 Å². The van der Waals surface area contributed by atoms with Gasteiger partial charge in [-0.3, -0.25) is 0 Å². The van der Waals surface area contributed by atoms with Crippen LogP contribution >= 0.6 is 11.3 Å². The Morgan fingerprint density at radius 1 is 1.08 bits per heavy atom. The van der Waals surface area contributed by atoms with E-state index in [1.807, 2.05) is 30.3 Å². The SMILES string of the molecule is C(#Cc1nncs1)c1ccccc1. The highest BCUT2D eigenvalue weighted by Crippen LogP contribution is 2.00. The first-order valence-corrected chi connectivity index (χ1v) is 4.66. The van der Waals surface area contributed by atoms with Gasteiger partial charge in [-0.2, -0.15) is 0 Å². The molecule has 0 bridgehead atoms. The molecule has 3 heteroatoms. The maximum absolute atomic E-state index is 3.83. The Morgan fingerprint density at radius 3 is 2.62 bits per heavy atom. The van der Waals surface area contributed by atoms with Crippen LogP contribution < -0.4 is 0 Å². The van der Waals surface area contributed by atoms with Gasteiger partial charge in [0.25, 0.3) is 0 Å². The van der Waals surface area contributed by atoms with Crippen LogP contribution in [0.3, 0.4) is 0 Å². The van der Waals surface area contributed by atoms with Crippen molar-refractivity contribution in [3.63, 3.8) is 0 Å². The van der Waals surface area contributed by atoms with Crippen molar-refractivity contribution in [3.8, 4) is 11.8 Å². The molecular formula is C10H6N2S. The van der Waals surface area contributed by atoms with E-state index >= 15 is 0 Å². The number of benzene rings is 1. The molecule has 62 valence electrons. The van der Waals surface area contributed by atoms with Crippen molar-refractivity contribution in [1.82, 2.24) is 10.2 Å². The minimum atomic E-state index is 0.754. The highest BCUT2D eigenvalue weighted by atomic mass is 32.1. The molecule has 0 fully saturated rings. The number of hydrogen-bond donors (Lipinski definition) is 0. The summed E-state index contributed by atoms with van der Waals surface area (Å²) in [6.45, 7) is 0. The molecule has 0 saturated heterocycles. The Hall–Kier alpha value is -1.66. The van der Waals surface area contributed by atoms with Gasteiger partial charge < -0.3 is 0 Å². The molecule has 0 amide bonds. The summed E-state index contributed by atoms with van der Waals surface area (Å²) in [5, 5.41) is 8.28. The summed E-state index contributed by atoms with van der Waals surface area (Å²) in [5.74, 6) is 5.94. The second kappa shape index (κ2) is 3.83. The molecule has 2 rings (SSSR count). The van der Waals surface area contributed by atoms with Crippen molar-refractivity contribution in [2.75, 3.05) is 0 Å². The highest BCUT2D eigenvalue weighted by molar-refractivity contribution is 7.09. The summed E-state index contributed by atoms with van der Waals surface area (Å²) in [6.07, 6.45) is 0. The lowest BCUT2D eigenvalue weighted by Crippen LogP contribution is -1.73. The van der Waals surface area contributed by atoms with Crippen molar-refractivity contribution in [2.24, 2.45) is 0 Å². The molecule has 0 aliphatic carbocycles. The van der Waals surface area contributed by atoms with E-state index in [2.05, 4.69) is 22.0 Å². The van der Waals surface area contributed by atoms with Gasteiger partial charge in [-0.1, -0.05) is 35.5 Å². The molecular weight excluding hydrogens is 180 g/mol. The minimum Gasteiger partial charge on any atom is -0.146 e. The number of rotatable bonds is 0. The van der Waals surface area contributed by atoms with Gasteiger partial charge in [-0.15, -0.1) is 10.2 Å². The van der Waals surface area contributed by atoms with Crippen molar-refractivity contribution >= 4 is 11.3 Å². The molecule has 2 aromatic rings. The molecule has 0 N–H and O–H groups in total. The lowest BCUT2D eigenvalue weighted by atomic mass is 10.2.